The van der Waals surface area contributed by atoms with Crippen LogP contribution in [0, 0.1) is 5.92 Å². The van der Waals surface area contributed by atoms with E-state index in [9.17, 15) is 4.79 Å². The molecule has 26 heavy (non-hydrogen) atoms. The third-order valence-corrected chi connectivity index (χ3v) is 7.35. The van der Waals surface area contributed by atoms with Crippen molar-refractivity contribution in [2.24, 2.45) is 5.92 Å². The smallest absolute Gasteiger partial charge is 0.237 e. The van der Waals surface area contributed by atoms with Gasteiger partial charge in [0.05, 0.1) is 12.6 Å². The molecule has 4 heteroatoms. The van der Waals surface area contributed by atoms with Crippen molar-refractivity contribution in [1.82, 2.24) is 14.7 Å². The summed E-state index contributed by atoms with van der Waals surface area (Å²) in [5.74, 6) is 1.58. The number of carbonyl (C=O) groups excluding carboxylic acids is 1. The molecule has 0 spiro atoms. The lowest BCUT2D eigenvalue weighted by atomic mass is 9.75. The molecule has 5 aliphatic rings. The molecular weight excluding hydrogens is 322 g/mol. The molecule has 1 aromatic rings. The topological polar surface area (TPSA) is 26.8 Å². The molecule has 1 aromatic carbocycles. The number of carbonyl (C=O) groups is 1. The van der Waals surface area contributed by atoms with E-state index in [1.54, 1.807) is 0 Å². The van der Waals surface area contributed by atoms with Crippen molar-refractivity contribution in [3.05, 3.63) is 35.9 Å². The van der Waals surface area contributed by atoms with Gasteiger partial charge in [-0.05, 0) is 63.3 Å². The first-order chi connectivity index (χ1) is 12.8. The van der Waals surface area contributed by atoms with Gasteiger partial charge in [-0.15, -0.1) is 0 Å². The zero-order valence-corrected chi connectivity index (χ0v) is 15.7. The predicted octanol–water partition coefficient (Wildman–Crippen LogP) is 2.56. The second-order valence-corrected chi connectivity index (χ2v) is 8.75. The van der Waals surface area contributed by atoms with Crippen molar-refractivity contribution >= 4 is 5.91 Å². The highest BCUT2D eigenvalue weighted by Gasteiger charge is 2.54. The maximum Gasteiger partial charge on any atom is 0.237 e. The van der Waals surface area contributed by atoms with Gasteiger partial charge in [-0.2, -0.15) is 0 Å². The highest BCUT2D eigenvalue weighted by molar-refractivity contribution is 5.79. The van der Waals surface area contributed by atoms with Gasteiger partial charge in [0, 0.05) is 18.5 Å². The third-order valence-electron chi connectivity index (χ3n) is 7.35. The van der Waals surface area contributed by atoms with Crippen molar-refractivity contribution < 1.29 is 4.79 Å². The monoisotopic (exact) mass is 353 g/mol. The van der Waals surface area contributed by atoms with E-state index in [0.29, 0.717) is 36.4 Å². The van der Waals surface area contributed by atoms with Crippen LogP contribution in [0.15, 0.2) is 30.3 Å². The van der Waals surface area contributed by atoms with Crippen molar-refractivity contribution in [2.45, 2.75) is 50.1 Å². The SMILES string of the molecule is O=C(CN1CCCCC1)N1C[C@H](c2ccccc2)[C@H]2[C@@H]1C1CCN2CC1. The minimum Gasteiger partial charge on any atom is -0.336 e. The Kier molecular flexibility index (Phi) is 4.49. The Morgan fingerprint density at radius 2 is 1.65 bits per heavy atom. The van der Waals surface area contributed by atoms with Gasteiger partial charge in [-0.1, -0.05) is 36.8 Å². The van der Waals surface area contributed by atoms with E-state index in [4.69, 9.17) is 0 Å². The van der Waals surface area contributed by atoms with E-state index in [0.717, 1.165) is 19.6 Å². The maximum absolute atomic E-state index is 13.3. The van der Waals surface area contributed by atoms with Gasteiger partial charge in [0.15, 0.2) is 0 Å². The number of nitrogens with zero attached hydrogens (tertiary/aromatic N) is 3. The van der Waals surface area contributed by atoms with Gasteiger partial charge in [0.1, 0.15) is 0 Å². The van der Waals surface area contributed by atoms with Crippen LogP contribution in [-0.2, 0) is 4.79 Å². The molecule has 4 nitrogen and oxygen atoms in total. The summed E-state index contributed by atoms with van der Waals surface area (Å²) >= 11 is 0. The van der Waals surface area contributed by atoms with Gasteiger partial charge in [0.2, 0.25) is 5.91 Å². The number of likely N-dealkylation sites (tertiary alicyclic amines) is 2. The average molecular weight is 354 g/mol. The van der Waals surface area contributed by atoms with E-state index >= 15 is 0 Å². The molecule has 5 saturated heterocycles. The summed E-state index contributed by atoms with van der Waals surface area (Å²) in [5, 5.41) is 0. The van der Waals surface area contributed by atoms with Crippen molar-refractivity contribution in [3.8, 4) is 0 Å². The Morgan fingerprint density at radius 3 is 2.38 bits per heavy atom. The Hall–Kier alpha value is -1.39. The van der Waals surface area contributed by atoms with E-state index < -0.39 is 0 Å². The highest BCUT2D eigenvalue weighted by atomic mass is 16.2. The van der Waals surface area contributed by atoms with Crippen LogP contribution in [0.4, 0.5) is 0 Å². The molecule has 0 unspecified atom stereocenters. The van der Waals surface area contributed by atoms with Gasteiger partial charge in [-0.3, -0.25) is 14.6 Å². The molecule has 5 fully saturated rings. The van der Waals surface area contributed by atoms with Crippen molar-refractivity contribution in [1.29, 1.82) is 0 Å². The number of amides is 1. The minimum atomic E-state index is 0.383. The number of rotatable bonds is 3. The molecule has 0 aromatic heterocycles. The second kappa shape index (κ2) is 6.97. The van der Waals surface area contributed by atoms with E-state index in [-0.39, 0.29) is 0 Å². The zero-order chi connectivity index (χ0) is 17.5. The number of benzene rings is 1. The van der Waals surface area contributed by atoms with Gasteiger partial charge < -0.3 is 4.90 Å². The summed E-state index contributed by atoms with van der Waals surface area (Å²) in [4.78, 5) is 20.7. The first-order valence-corrected chi connectivity index (χ1v) is 10.6. The summed E-state index contributed by atoms with van der Waals surface area (Å²) < 4.78 is 0. The summed E-state index contributed by atoms with van der Waals surface area (Å²) in [5.41, 5.74) is 1.42. The fraction of sp³-hybridized carbons (Fsp3) is 0.682. The van der Waals surface area contributed by atoms with Crippen LogP contribution in [-0.4, -0.2) is 72.0 Å². The Labute approximate surface area is 157 Å². The number of fused-ring (bicyclic) bond motifs is 2. The fourth-order valence-corrected chi connectivity index (χ4v) is 6.10. The summed E-state index contributed by atoms with van der Waals surface area (Å²) in [6.07, 6.45) is 6.38. The quantitative estimate of drug-likeness (QED) is 0.836. The minimum absolute atomic E-state index is 0.383. The molecule has 140 valence electrons. The molecule has 5 heterocycles. The fourth-order valence-electron chi connectivity index (χ4n) is 6.10. The standard InChI is InChI=1S/C22H31N3O/c26-20(16-23-11-5-2-6-12-23)25-15-19(17-7-3-1-4-8-17)22-21(25)18-9-13-24(22)14-10-18/h1,3-4,7-8,18-19,21-22H,2,5-6,9-16H2/t19-,21+,22+/m1/s1. The summed E-state index contributed by atoms with van der Waals surface area (Å²) in [6.45, 7) is 6.21. The molecular formula is C22H31N3O. The van der Waals surface area contributed by atoms with Crippen LogP contribution < -0.4 is 0 Å². The Bertz CT molecular complexity index is 634. The van der Waals surface area contributed by atoms with Gasteiger partial charge >= 0.3 is 0 Å². The summed E-state index contributed by atoms with van der Waals surface area (Å²) in [6, 6.07) is 11.9. The van der Waals surface area contributed by atoms with Crippen LogP contribution >= 0.6 is 0 Å². The Balaban J connectivity index is 1.39. The number of hydrogen-bond donors (Lipinski definition) is 0. The average Bonchev–Trinajstić information content (AvgIpc) is 3.13. The third kappa shape index (κ3) is 2.87. The lowest BCUT2D eigenvalue weighted by Crippen LogP contribution is -2.61. The van der Waals surface area contributed by atoms with Crippen molar-refractivity contribution in [2.75, 3.05) is 39.3 Å². The lowest BCUT2D eigenvalue weighted by molar-refractivity contribution is -0.137. The summed E-state index contributed by atoms with van der Waals surface area (Å²) in [7, 11) is 0. The van der Waals surface area contributed by atoms with E-state index in [1.165, 1.54) is 50.8 Å². The highest BCUT2D eigenvalue weighted by Crippen LogP contribution is 2.46. The van der Waals surface area contributed by atoms with Crippen LogP contribution in [0.1, 0.15) is 43.6 Å². The van der Waals surface area contributed by atoms with Crippen LogP contribution in [0.2, 0.25) is 0 Å². The maximum atomic E-state index is 13.3. The normalized spacial score (nSPS) is 36.9. The molecule has 3 atom stereocenters. The molecule has 0 saturated carbocycles. The molecule has 2 bridgehead atoms. The van der Waals surface area contributed by atoms with Crippen molar-refractivity contribution in [3.63, 3.8) is 0 Å². The predicted molar refractivity (Wildman–Crippen MR) is 103 cm³/mol. The van der Waals surface area contributed by atoms with Gasteiger partial charge in [-0.25, -0.2) is 0 Å². The molecule has 0 radical (unpaired) electrons. The number of piperidine rings is 4. The molecule has 0 aliphatic carbocycles. The van der Waals surface area contributed by atoms with E-state index in [2.05, 4.69) is 45.0 Å². The van der Waals surface area contributed by atoms with Crippen LogP contribution in [0.5, 0.6) is 0 Å². The zero-order valence-electron chi connectivity index (χ0n) is 15.7. The van der Waals surface area contributed by atoms with Crippen LogP contribution in [0.25, 0.3) is 0 Å². The van der Waals surface area contributed by atoms with Gasteiger partial charge in [0.25, 0.3) is 0 Å². The first kappa shape index (κ1) is 16.8. The molecule has 0 N–H and O–H groups in total. The molecule has 6 rings (SSSR count). The largest absolute Gasteiger partial charge is 0.336 e. The lowest BCUT2D eigenvalue weighted by Gasteiger charge is -2.51. The Morgan fingerprint density at radius 1 is 0.923 bits per heavy atom. The molecule has 5 aliphatic heterocycles. The molecule has 1 amide bonds. The second-order valence-electron chi connectivity index (χ2n) is 8.75. The number of hydrogen-bond acceptors (Lipinski definition) is 3. The first-order valence-electron chi connectivity index (χ1n) is 10.6. The van der Waals surface area contributed by atoms with Crippen LogP contribution in [0.3, 0.4) is 0 Å². The van der Waals surface area contributed by atoms with E-state index in [1.807, 2.05) is 0 Å².